The van der Waals surface area contributed by atoms with E-state index in [-0.39, 0.29) is 0 Å². The standard InChI is InChI=1S/C18H20N2O3S/c1-23-13-4-5-14-15-8-12(20-7-6-16(19)18(21)22)3-2-11(15)10-24-17(14)9-13/h2-5,8-9,16,20H,6-7,10,19H2,1H3,(H,21,22)/t16-/m0/s1. The van der Waals surface area contributed by atoms with Crippen LogP contribution in [0.1, 0.15) is 12.0 Å². The second-order valence-corrected chi connectivity index (χ2v) is 6.70. The third kappa shape index (κ3) is 3.49. The molecule has 0 unspecified atom stereocenters. The van der Waals surface area contributed by atoms with Gasteiger partial charge < -0.3 is 20.9 Å². The highest BCUT2D eigenvalue weighted by Gasteiger charge is 2.18. The second-order valence-electron chi connectivity index (χ2n) is 5.68. The number of hydrogen-bond donors (Lipinski definition) is 3. The number of carbonyl (C=O) groups is 1. The van der Waals surface area contributed by atoms with Crippen molar-refractivity contribution in [3.05, 3.63) is 42.0 Å². The van der Waals surface area contributed by atoms with Crippen LogP contribution in [0.2, 0.25) is 0 Å². The van der Waals surface area contributed by atoms with Gasteiger partial charge in [-0.2, -0.15) is 0 Å². The smallest absolute Gasteiger partial charge is 0.320 e. The molecular formula is C18H20N2O3S. The summed E-state index contributed by atoms with van der Waals surface area (Å²) in [5, 5.41) is 12.1. The summed E-state index contributed by atoms with van der Waals surface area (Å²) in [7, 11) is 1.67. The Labute approximate surface area is 145 Å². The van der Waals surface area contributed by atoms with Crippen molar-refractivity contribution >= 4 is 23.4 Å². The van der Waals surface area contributed by atoms with Gasteiger partial charge in [0.1, 0.15) is 11.8 Å². The molecule has 2 aromatic carbocycles. The minimum Gasteiger partial charge on any atom is -0.497 e. The highest BCUT2D eigenvalue weighted by atomic mass is 32.2. The molecule has 4 N–H and O–H groups in total. The molecule has 0 saturated heterocycles. The highest BCUT2D eigenvalue weighted by Crippen LogP contribution is 2.43. The number of rotatable bonds is 6. The first kappa shape index (κ1) is 16.7. The lowest BCUT2D eigenvalue weighted by molar-refractivity contribution is -0.138. The topological polar surface area (TPSA) is 84.6 Å². The van der Waals surface area contributed by atoms with Crippen LogP contribution >= 0.6 is 11.8 Å². The minimum absolute atomic E-state index is 0.385. The van der Waals surface area contributed by atoms with E-state index in [1.54, 1.807) is 7.11 Å². The van der Waals surface area contributed by atoms with E-state index in [0.717, 1.165) is 17.2 Å². The molecule has 1 heterocycles. The van der Waals surface area contributed by atoms with E-state index in [2.05, 4.69) is 29.6 Å². The third-order valence-electron chi connectivity index (χ3n) is 4.07. The van der Waals surface area contributed by atoms with Crippen LogP contribution in [0, 0.1) is 0 Å². The molecule has 0 aliphatic carbocycles. The monoisotopic (exact) mass is 344 g/mol. The molecule has 0 radical (unpaired) electrons. The number of thioether (sulfide) groups is 1. The van der Waals surface area contributed by atoms with Gasteiger partial charge in [0.15, 0.2) is 0 Å². The van der Waals surface area contributed by atoms with Crippen LogP contribution in [-0.4, -0.2) is 30.8 Å². The third-order valence-corrected chi connectivity index (χ3v) is 5.18. The summed E-state index contributed by atoms with van der Waals surface area (Å²) in [6.45, 7) is 0.524. The van der Waals surface area contributed by atoms with E-state index in [1.807, 2.05) is 23.9 Å². The molecule has 2 aromatic rings. The Balaban J connectivity index is 1.78. The second kappa shape index (κ2) is 7.15. The van der Waals surface area contributed by atoms with Gasteiger partial charge in [0, 0.05) is 22.9 Å². The van der Waals surface area contributed by atoms with Crippen molar-refractivity contribution in [2.75, 3.05) is 19.0 Å². The van der Waals surface area contributed by atoms with Gasteiger partial charge >= 0.3 is 5.97 Å². The summed E-state index contributed by atoms with van der Waals surface area (Å²) < 4.78 is 5.30. The Hall–Kier alpha value is -2.18. The van der Waals surface area contributed by atoms with Gasteiger partial charge in [-0.25, -0.2) is 0 Å². The molecule has 0 bridgehead atoms. The number of anilines is 1. The number of aliphatic carboxylic acids is 1. The Morgan fingerprint density at radius 2 is 2.17 bits per heavy atom. The number of carboxylic acids is 1. The maximum Gasteiger partial charge on any atom is 0.320 e. The lowest BCUT2D eigenvalue weighted by Crippen LogP contribution is -2.32. The van der Waals surface area contributed by atoms with Crippen LogP contribution in [0.4, 0.5) is 5.69 Å². The van der Waals surface area contributed by atoms with Gasteiger partial charge in [-0.1, -0.05) is 6.07 Å². The molecule has 1 aliphatic heterocycles. The molecule has 0 saturated carbocycles. The molecular weight excluding hydrogens is 324 g/mol. The van der Waals surface area contributed by atoms with E-state index >= 15 is 0 Å². The Kier molecular flexibility index (Phi) is 4.97. The first-order chi connectivity index (χ1) is 11.6. The van der Waals surface area contributed by atoms with Crippen LogP contribution in [0.5, 0.6) is 5.75 Å². The summed E-state index contributed by atoms with van der Waals surface area (Å²) in [5.74, 6) is 0.823. The maximum atomic E-state index is 10.8. The SMILES string of the molecule is COc1ccc2c(c1)SCc1ccc(NCC[C@H](N)C(=O)O)cc1-2. The van der Waals surface area contributed by atoms with Crippen LogP contribution in [0.15, 0.2) is 41.3 Å². The number of nitrogens with two attached hydrogens (primary N) is 1. The Morgan fingerprint density at radius 3 is 2.92 bits per heavy atom. The van der Waals surface area contributed by atoms with Crippen LogP contribution < -0.4 is 15.8 Å². The zero-order valence-corrected chi connectivity index (χ0v) is 14.2. The lowest BCUT2D eigenvalue weighted by atomic mass is 9.99. The molecule has 0 aromatic heterocycles. The number of methoxy groups -OCH3 is 1. The normalized spacial score (nSPS) is 13.6. The first-order valence-electron chi connectivity index (χ1n) is 7.75. The summed E-state index contributed by atoms with van der Waals surface area (Å²) in [4.78, 5) is 12.0. The van der Waals surface area contributed by atoms with E-state index < -0.39 is 12.0 Å². The molecule has 24 heavy (non-hydrogen) atoms. The molecule has 5 nitrogen and oxygen atoms in total. The van der Waals surface area contributed by atoms with Crippen molar-refractivity contribution in [1.82, 2.24) is 0 Å². The highest BCUT2D eigenvalue weighted by molar-refractivity contribution is 7.98. The summed E-state index contributed by atoms with van der Waals surface area (Å²) in [6.07, 6.45) is 0.385. The summed E-state index contributed by atoms with van der Waals surface area (Å²) >= 11 is 1.81. The number of nitrogens with one attached hydrogen (secondary N) is 1. The fraction of sp³-hybridized carbons (Fsp3) is 0.278. The van der Waals surface area contributed by atoms with Gasteiger partial charge in [-0.15, -0.1) is 11.8 Å². The molecule has 1 aliphatic rings. The van der Waals surface area contributed by atoms with E-state index in [4.69, 9.17) is 15.6 Å². The van der Waals surface area contributed by atoms with Crippen molar-refractivity contribution in [3.8, 4) is 16.9 Å². The number of hydrogen-bond acceptors (Lipinski definition) is 5. The average molecular weight is 344 g/mol. The van der Waals surface area contributed by atoms with Crippen molar-refractivity contribution in [2.45, 2.75) is 23.1 Å². The molecule has 126 valence electrons. The molecule has 6 heteroatoms. The van der Waals surface area contributed by atoms with Gasteiger partial charge in [0.2, 0.25) is 0 Å². The maximum absolute atomic E-state index is 10.8. The van der Waals surface area contributed by atoms with Gasteiger partial charge in [0.25, 0.3) is 0 Å². The quantitative estimate of drug-likeness (QED) is 0.746. The number of ether oxygens (including phenoxy) is 1. The van der Waals surface area contributed by atoms with E-state index in [1.165, 1.54) is 21.6 Å². The Bertz CT molecular complexity index is 764. The molecule has 0 spiro atoms. The molecule has 0 fully saturated rings. The fourth-order valence-corrected chi connectivity index (χ4v) is 3.78. The lowest BCUT2D eigenvalue weighted by Gasteiger charge is -2.21. The molecule has 3 rings (SSSR count). The number of fused-ring (bicyclic) bond motifs is 3. The number of benzene rings is 2. The molecule has 0 amide bonds. The van der Waals surface area contributed by atoms with Gasteiger partial charge in [0.05, 0.1) is 7.11 Å². The van der Waals surface area contributed by atoms with Crippen molar-refractivity contribution in [2.24, 2.45) is 5.73 Å². The van der Waals surface area contributed by atoms with Gasteiger partial charge in [-0.3, -0.25) is 4.79 Å². The van der Waals surface area contributed by atoms with Crippen molar-refractivity contribution in [1.29, 1.82) is 0 Å². The van der Waals surface area contributed by atoms with Crippen molar-refractivity contribution < 1.29 is 14.6 Å². The van der Waals surface area contributed by atoms with E-state index in [9.17, 15) is 4.79 Å². The largest absolute Gasteiger partial charge is 0.497 e. The predicted octanol–water partition coefficient (Wildman–Crippen LogP) is 3.18. The van der Waals surface area contributed by atoms with Crippen LogP contribution in [0.25, 0.3) is 11.1 Å². The summed E-state index contributed by atoms with van der Waals surface area (Å²) in [5.41, 5.74) is 10.2. The fourth-order valence-electron chi connectivity index (χ4n) is 2.69. The zero-order chi connectivity index (χ0) is 17.1. The van der Waals surface area contributed by atoms with Crippen molar-refractivity contribution in [3.63, 3.8) is 0 Å². The van der Waals surface area contributed by atoms with E-state index in [0.29, 0.717) is 13.0 Å². The Morgan fingerprint density at radius 1 is 1.33 bits per heavy atom. The first-order valence-corrected chi connectivity index (χ1v) is 8.73. The number of carboxylic acid groups (broad SMARTS) is 1. The zero-order valence-electron chi connectivity index (χ0n) is 13.4. The minimum atomic E-state index is -0.970. The van der Waals surface area contributed by atoms with Crippen LogP contribution in [-0.2, 0) is 10.5 Å². The van der Waals surface area contributed by atoms with Gasteiger partial charge in [-0.05, 0) is 53.4 Å². The molecule has 1 atom stereocenters. The average Bonchev–Trinajstić information content (AvgIpc) is 2.60. The predicted molar refractivity (Wildman–Crippen MR) is 96.7 cm³/mol. The van der Waals surface area contributed by atoms with Crippen LogP contribution in [0.3, 0.4) is 0 Å². The summed E-state index contributed by atoms with van der Waals surface area (Å²) in [6, 6.07) is 11.6.